The highest BCUT2D eigenvalue weighted by Gasteiger charge is 2.25. The van der Waals surface area contributed by atoms with Gasteiger partial charge in [-0.1, -0.05) is 0 Å². The van der Waals surface area contributed by atoms with E-state index in [1.54, 1.807) is 32.1 Å². The summed E-state index contributed by atoms with van der Waals surface area (Å²) in [5, 5.41) is 0.992. The molecule has 168 valence electrons. The highest BCUT2D eigenvalue weighted by atomic mass is 16.5. The van der Waals surface area contributed by atoms with E-state index in [2.05, 4.69) is 9.88 Å². The topological polar surface area (TPSA) is 67.7 Å². The molecule has 0 bridgehead atoms. The van der Waals surface area contributed by atoms with E-state index in [0.717, 1.165) is 48.4 Å². The summed E-state index contributed by atoms with van der Waals surface area (Å²) >= 11 is 0. The van der Waals surface area contributed by atoms with Gasteiger partial charge in [-0.15, -0.1) is 0 Å². The normalized spacial score (nSPS) is 16.1. The number of carbonyl (C=O) groups excluding carboxylic acids is 2. The van der Waals surface area contributed by atoms with Crippen LogP contribution >= 0.6 is 0 Å². The number of Topliss-reactive ketones (excluding diaryl/α,β-unsaturated/α-hetero) is 1. The second-order valence-electron chi connectivity index (χ2n) is 8.65. The predicted octanol–water partition coefficient (Wildman–Crippen LogP) is 3.55. The third-order valence-corrected chi connectivity index (χ3v) is 6.23. The monoisotopic (exact) mass is 434 g/mol. The van der Waals surface area contributed by atoms with Crippen molar-refractivity contribution in [3.05, 3.63) is 54.4 Å². The van der Waals surface area contributed by atoms with Crippen molar-refractivity contribution in [3.63, 3.8) is 0 Å². The summed E-state index contributed by atoms with van der Waals surface area (Å²) in [4.78, 5) is 32.2. The van der Waals surface area contributed by atoms with Gasteiger partial charge in [0.1, 0.15) is 23.5 Å². The zero-order valence-electron chi connectivity index (χ0n) is 19.1. The Morgan fingerprint density at radius 2 is 1.88 bits per heavy atom. The number of pyridine rings is 1. The van der Waals surface area contributed by atoms with Gasteiger partial charge in [-0.25, -0.2) is 4.98 Å². The summed E-state index contributed by atoms with van der Waals surface area (Å²) in [6.07, 6.45) is 5.66. The van der Waals surface area contributed by atoms with Crippen molar-refractivity contribution in [1.29, 1.82) is 0 Å². The van der Waals surface area contributed by atoms with Gasteiger partial charge in [0.25, 0.3) is 5.91 Å². The summed E-state index contributed by atoms with van der Waals surface area (Å²) in [7, 11) is 3.50. The molecule has 32 heavy (non-hydrogen) atoms. The molecule has 1 amide bonds. The Balaban J connectivity index is 1.42. The first-order valence-corrected chi connectivity index (χ1v) is 11.0. The molecule has 3 aromatic rings. The van der Waals surface area contributed by atoms with Gasteiger partial charge in [-0.3, -0.25) is 14.5 Å². The van der Waals surface area contributed by atoms with E-state index in [9.17, 15) is 9.59 Å². The van der Waals surface area contributed by atoms with Gasteiger partial charge in [-0.05, 0) is 63.1 Å². The lowest BCUT2D eigenvalue weighted by molar-refractivity contribution is -0.122. The molecule has 3 heterocycles. The molecule has 1 unspecified atom stereocenters. The second-order valence-corrected chi connectivity index (χ2v) is 8.65. The molecule has 2 aromatic heterocycles. The van der Waals surface area contributed by atoms with E-state index in [1.807, 2.05) is 54.1 Å². The summed E-state index contributed by atoms with van der Waals surface area (Å²) in [6, 6.07) is 11.6. The maximum absolute atomic E-state index is 12.2. The molecule has 1 aliphatic heterocycles. The molecule has 0 aliphatic carbocycles. The van der Waals surface area contributed by atoms with Gasteiger partial charge in [0.05, 0.1) is 17.8 Å². The summed E-state index contributed by atoms with van der Waals surface area (Å²) in [5.41, 5.74) is 1.66. The van der Waals surface area contributed by atoms with Gasteiger partial charge in [0, 0.05) is 44.3 Å². The molecule has 7 heteroatoms. The Kier molecular flexibility index (Phi) is 6.28. The summed E-state index contributed by atoms with van der Waals surface area (Å²) in [5.74, 6) is 1.74. The number of ketones is 1. The van der Waals surface area contributed by atoms with Gasteiger partial charge in [0.15, 0.2) is 0 Å². The molecule has 0 saturated carbocycles. The highest BCUT2D eigenvalue weighted by molar-refractivity contribution is 5.98. The quantitative estimate of drug-likeness (QED) is 0.594. The maximum atomic E-state index is 12.2. The predicted molar refractivity (Wildman–Crippen MR) is 124 cm³/mol. The van der Waals surface area contributed by atoms with Crippen LogP contribution in [0.5, 0.6) is 5.75 Å². The smallest absolute Gasteiger partial charge is 0.253 e. The standard InChI is InChI=1S/C25H30N4O3/c1-17(18(2)30)28-12-10-21(11-13-28)32-22-6-8-24(26-16-22)29-14-9-19-15-20(5-7-23(19)29)25(31)27(3)4/h5-9,14-17,21H,10-13H2,1-4H3. The molecule has 1 aromatic carbocycles. The molecular formula is C25H30N4O3. The van der Waals surface area contributed by atoms with Crippen molar-refractivity contribution in [2.24, 2.45) is 0 Å². The number of aromatic nitrogens is 2. The van der Waals surface area contributed by atoms with Gasteiger partial charge in [0.2, 0.25) is 0 Å². The number of hydrogen-bond donors (Lipinski definition) is 0. The minimum atomic E-state index is -0.0228. The number of likely N-dealkylation sites (tertiary alicyclic amines) is 1. The molecule has 1 saturated heterocycles. The number of fused-ring (bicyclic) bond motifs is 1. The molecule has 0 N–H and O–H groups in total. The lowest BCUT2D eigenvalue weighted by Crippen LogP contribution is -2.45. The third kappa shape index (κ3) is 4.53. The average Bonchev–Trinajstić information content (AvgIpc) is 3.22. The molecule has 1 aliphatic rings. The van der Waals surface area contributed by atoms with Crippen molar-refractivity contribution in [3.8, 4) is 11.6 Å². The number of benzene rings is 1. The van der Waals surface area contributed by atoms with E-state index >= 15 is 0 Å². The first-order chi connectivity index (χ1) is 15.3. The Bertz CT molecular complexity index is 1110. The Morgan fingerprint density at radius 1 is 1.12 bits per heavy atom. The molecule has 1 fully saturated rings. The molecule has 0 spiro atoms. The Hall–Kier alpha value is -3.19. The Labute approximate surface area is 188 Å². The molecular weight excluding hydrogens is 404 g/mol. The van der Waals surface area contributed by atoms with Crippen molar-refractivity contribution in [2.45, 2.75) is 38.8 Å². The van der Waals surface area contributed by atoms with Crippen LogP contribution in [0, 0.1) is 0 Å². The van der Waals surface area contributed by atoms with Crippen LogP contribution in [0.2, 0.25) is 0 Å². The largest absolute Gasteiger partial charge is 0.489 e. The van der Waals surface area contributed by atoms with Gasteiger partial charge < -0.3 is 14.2 Å². The minimum Gasteiger partial charge on any atom is -0.489 e. The number of ether oxygens (including phenoxy) is 1. The number of hydrogen-bond acceptors (Lipinski definition) is 5. The minimum absolute atomic E-state index is 0.0131. The molecule has 4 rings (SSSR count). The zero-order chi connectivity index (χ0) is 22.8. The molecule has 1 atom stereocenters. The highest BCUT2D eigenvalue weighted by Crippen LogP contribution is 2.24. The lowest BCUT2D eigenvalue weighted by atomic mass is 10.0. The second kappa shape index (κ2) is 9.12. The lowest BCUT2D eigenvalue weighted by Gasteiger charge is -2.34. The SMILES string of the molecule is CC(=O)C(C)N1CCC(Oc2ccc(-n3ccc4cc(C(=O)N(C)C)ccc43)nc2)CC1. The van der Waals surface area contributed by atoms with E-state index in [-0.39, 0.29) is 23.8 Å². The van der Waals surface area contributed by atoms with Crippen molar-refractivity contribution >= 4 is 22.6 Å². The average molecular weight is 435 g/mol. The van der Waals surface area contributed by atoms with Crippen molar-refractivity contribution < 1.29 is 14.3 Å². The number of amides is 1. The van der Waals surface area contributed by atoms with Gasteiger partial charge >= 0.3 is 0 Å². The summed E-state index contributed by atoms with van der Waals surface area (Å²) in [6.45, 7) is 5.35. The van der Waals surface area contributed by atoms with Crippen LogP contribution in [-0.4, -0.2) is 70.4 Å². The number of carbonyl (C=O) groups is 2. The van der Waals surface area contributed by atoms with Crippen molar-refractivity contribution in [2.75, 3.05) is 27.2 Å². The van der Waals surface area contributed by atoms with Gasteiger partial charge in [-0.2, -0.15) is 0 Å². The van der Waals surface area contributed by atoms with Crippen LogP contribution in [0.4, 0.5) is 0 Å². The first-order valence-electron chi connectivity index (χ1n) is 11.0. The fraction of sp³-hybridized carbons (Fsp3) is 0.400. The van der Waals surface area contributed by atoms with Crippen LogP contribution in [0.15, 0.2) is 48.8 Å². The number of nitrogens with zero attached hydrogens (tertiary/aromatic N) is 4. The number of piperidine rings is 1. The first kappa shape index (κ1) is 22.0. The Morgan fingerprint density at radius 3 is 2.50 bits per heavy atom. The fourth-order valence-electron chi connectivity index (χ4n) is 4.15. The van der Waals surface area contributed by atoms with Crippen molar-refractivity contribution in [1.82, 2.24) is 19.4 Å². The number of rotatable bonds is 6. The van der Waals surface area contributed by atoms with Crippen LogP contribution < -0.4 is 4.74 Å². The van der Waals surface area contributed by atoms with E-state index in [0.29, 0.717) is 5.56 Å². The maximum Gasteiger partial charge on any atom is 0.253 e. The fourth-order valence-corrected chi connectivity index (χ4v) is 4.15. The van der Waals surface area contributed by atoms with Crippen LogP contribution in [0.25, 0.3) is 16.7 Å². The van der Waals surface area contributed by atoms with Crippen LogP contribution in [0.1, 0.15) is 37.0 Å². The van der Waals surface area contributed by atoms with E-state index in [1.165, 1.54) is 0 Å². The van der Waals surface area contributed by atoms with E-state index in [4.69, 9.17) is 4.74 Å². The van der Waals surface area contributed by atoms with Crippen LogP contribution in [0.3, 0.4) is 0 Å². The van der Waals surface area contributed by atoms with Crippen LogP contribution in [-0.2, 0) is 4.79 Å². The summed E-state index contributed by atoms with van der Waals surface area (Å²) < 4.78 is 8.15. The van der Waals surface area contributed by atoms with E-state index < -0.39 is 0 Å². The molecule has 0 radical (unpaired) electrons. The third-order valence-electron chi connectivity index (χ3n) is 6.23. The molecule has 7 nitrogen and oxygen atoms in total. The zero-order valence-corrected chi connectivity index (χ0v) is 19.1.